The maximum absolute atomic E-state index is 12.7. The zero-order chi connectivity index (χ0) is 28.7. The number of nitrogens with zero attached hydrogens (tertiary/aromatic N) is 3. The van der Waals surface area contributed by atoms with E-state index in [1.54, 1.807) is 33.2 Å². The molecule has 0 bridgehead atoms. The van der Waals surface area contributed by atoms with Crippen molar-refractivity contribution < 1.29 is 27.4 Å². The molecule has 1 aromatic heterocycles. The Morgan fingerprint density at radius 1 is 0.974 bits per heavy atom. The molecule has 7 nitrogen and oxygen atoms in total. The number of ether oxygens (including phenoxy) is 2. The quantitative estimate of drug-likeness (QED) is 0.316. The highest BCUT2D eigenvalue weighted by atomic mass is 35.5. The normalized spacial score (nSPS) is 11.5. The first kappa shape index (κ1) is 30.2. The lowest BCUT2D eigenvalue weighted by molar-refractivity contribution is -0.274. The summed E-state index contributed by atoms with van der Waals surface area (Å²) in [5.41, 5.74) is 4.56. The van der Waals surface area contributed by atoms with Crippen molar-refractivity contribution in [2.45, 2.75) is 33.3 Å². The Bertz CT molecular complexity index is 1270. The summed E-state index contributed by atoms with van der Waals surface area (Å²) in [6.45, 7) is 5.83. The number of carbonyl (C=O) groups is 1. The van der Waals surface area contributed by atoms with E-state index in [9.17, 15) is 18.0 Å². The Labute approximate surface area is 231 Å². The van der Waals surface area contributed by atoms with Gasteiger partial charge in [-0.15, -0.1) is 13.2 Å². The number of amides is 1. The van der Waals surface area contributed by atoms with Gasteiger partial charge in [0.25, 0.3) is 0 Å². The fourth-order valence-electron chi connectivity index (χ4n) is 4.02. The van der Waals surface area contributed by atoms with E-state index in [1.165, 1.54) is 17.0 Å². The second-order valence-electron chi connectivity index (χ2n) is 9.25. The molecule has 39 heavy (non-hydrogen) atoms. The van der Waals surface area contributed by atoms with Gasteiger partial charge in [-0.2, -0.15) is 0 Å². The minimum atomic E-state index is -4.71. The molecule has 2 aromatic carbocycles. The molecule has 0 atom stereocenters. The van der Waals surface area contributed by atoms with E-state index in [0.717, 1.165) is 16.7 Å². The maximum Gasteiger partial charge on any atom is 0.573 e. The molecule has 0 fully saturated rings. The van der Waals surface area contributed by atoms with Gasteiger partial charge in [0.1, 0.15) is 10.8 Å². The molecule has 11 heteroatoms. The monoisotopic (exact) mass is 564 g/mol. The largest absolute Gasteiger partial charge is 0.573 e. The second-order valence-corrected chi connectivity index (χ2v) is 9.63. The Morgan fingerprint density at radius 3 is 2.08 bits per heavy atom. The number of rotatable bonds is 10. The number of benzene rings is 2. The number of hydrogen-bond donors (Lipinski definition) is 1. The van der Waals surface area contributed by atoms with E-state index in [4.69, 9.17) is 16.3 Å². The standard InChI is InChI=1S/C28H32ClF3N4O3/c1-18-24(26(25(29)19(2)34-18)38-27(37)36(5)15-14-33-3)22-10-6-20(7-11-22)16-35(4)17-21-8-12-23(13-9-21)39-28(30,31)32/h6-13,33H,14-17H2,1-5H3. The van der Waals surface area contributed by atoms with Crippen molar-refractivity contribution in [2.75, 3.05) is 34.2 Å². The van der Waals surface area contributed by atoms with E-state index in [1.807, 2.05) is 43.1 Å². The van der Waals surface area contributed by atoms with Crippen LogP contribution in [0.1, 0.15) is 22.5 Å². The first-order valence-electron chi connectivity index (χ1n) is 12.2. The van der Waals surface area contributed by atoms with Crippen LogP contribution in [-0.4, -0.2) is 61.5 Å². The second kappa shape index (κ2) is 13.1. The number of aromatic nitrogens is 1. The van der Waals surface area contributed by atoms with Crippen LogP contribution in [0, 0.1) is 13.8 Å². The zero-order valence-electron chi connectivity index (χ0n) is 22.5. The van der Waals surface area contributed by atoms with Crippen LogP contribution < -0.4 is 14.8 Å². The molecule has 210 valence electrons. The van der Waals surface area contributed by atoms with Crippen LogP contribution in [0.3, 0.4) is 0 Å². The van der Waals surface area contributed by atoms with E-state index < -0.39 is 12.5 Å². The van der Waals surface area contributed by atoms with Crippen molar-refractivity contribution in [2.24, 2.45) is 0 Å². The third-order valence-corrected chi connectivity index (χ3v) is 6.39. The highest BCUT2D eigenvalue weighted by molar-refractivity contribution is 6.33. The predicted octanol–water partition coefficient (Wildman–Crippen LogP) is 6.20. The number of pyridine rings is 1. The van der Waals surface area contributed by atoms with E-state index in [-0.39, 0.29) is 16.5 Å². The van der Waals surface area contributed by atoms with Crippen molar-refractivity contribution in [3.8, 4) is 22.6 Å². The lowest BCUT2D eigenvalue weighted by atomic mass is 10.0. The molecular formula is C28H32ClF3N4O3. The molecule has 0 aliphatic rings. The minimum absolute atomic E-state index is 0.250. The van der Waals surface area contributed by atoms with Gasteiger partial charge in [-0.05, 0) is 56.8 Å². The first-order chi connectivity index (χ1) is 18.4. The van der Waals surface area contributed by atoms with Gasteiger partial charge in [0.2, 0.25) is 0 Å². The Hall–Kier alpha value is -3.34. The Kier molecular flexibility index (Phi) is 10.2. The molecule has 0 unspecified atom stereocenters. The average molecular weight is 565 g/mol. The summed E-state index contributed by atoms with van der Waals surface area (Å²) in [6, 6.07) is 13.6. The number of alkyl halides is 3. The zero-order valence-corrected chi connectivity index (χ0v) is 23.3. The number of carbonyl (C=O) groups excluding carboxylic acids is 1. The van der Waals surface area contributed by atoms with E-state index in [0.29, 0.717) is 43.1 Å². The van der Waals surface area contributed by atoms with Gasteiger partial charge in [0, 0.05) is 44.5 Å². The fourth-order valence-corrected chi connectivity index (χ4v) is 4.19. The minimum Gasteiger partial charge on any atom is -0.408 e. The number of likely N-dealkylation sites (N-methyl/N-ethyl adjacent to an activating group) is 2. The third-order valence-electron chi connectivity index (χ3n) is 5.94. The van der Waals surface area contributed by atoms with Crippen molar-refractivity contribution in [3.63, 3.8) is 0 Å². The third kappa shape index (κ3) is 8.58. The van der Waals surface area contributed by atoms with Crippen LogP contribution in [0.4, 0.5) is 18.0 Å². The number of aryl methyl sites for hydroxylation is 2. The molecule has 0 spiro atoms. The van der Waals surface area contributed by atoms with Gasteiger partial charge in [0.15, 0.2) is 5.75 Å². The molecule has 1 N–H and O–H groups in total. The van der Waals surface area contributed by atoms with Crippen LogP contribution in [0.25, 0.3) is 11.1 Å². The lowest BCUT2D eigenvalue weighted by Gasteiger charge is -2.21. The van der Waals surface area contributed by atoms with Gasteiger partial charge >= 0.3 is 12.5 Å². The van der Waals surface area contributed by atoms with E-state index in [2.05, 4.69) is 15.0 Å². The number of halogens is 4. The van der Waals surface area contributed by atoms with Crippen molar-refractivity contribution in [3.05, 3.63) is 76.1 Å². The summed E-state index contributed by atoms with van der Waals surface area (Å²) in [5.74, 6) is 0.0194. The Morgan fingerprint density at radius 2 is 1.54 bits per heavy atom. The summed E-state index contributed by atoms with van der Waals surface area (Å²) in [6.07, 6.45) is -5.23. The molecule has 0 aliphatic carbocycles. The smallest absolute Gasteiger partial charge is 0.408 e. The lowest BCUT2D eigenvalue weighted by Crippen LogP contribution is -2.35. The van der Waals surface area contributed by atoms with Crippen LogP contribution in [0.5, 0.6) is 11.5 Å². The van der Waals surface area contributed by atoms with Gasteiger partial charge in [-0.3, -0.25) is 9.88 Å². The van der Waals surface area contributed by atoms with Crippen molar-refractivity contribution >= 4 is 17.7 Å². The summed E-state index contributed by atoms with van der Waals surface area (Å²) in [7, 11) is 5.38. The molecule has 0 saturated carbocycles. The van der Waals surface area contributed by atoms with Gasteiger partial charge in [0.05, 0.1) is 5.69 Å². The van der Waals surface area contributed by atoms with Crippen LogP contribution in [-0.2, 0) is 13.1 Å². The van der Waals surface area contributed by atoms with E-state index >= 15 is 0 Å². The van der Waals surface area contributed by atoms with Crippen molar-refractivity contribution in [1.82, 2.24) is 20.1 Å². The van der Waals surface area contributed by atoms with Gasteiger partial charge in [-0.25, -0.2) is 4.79 Å². The van der Waals surface area contributed by atoms with Gasteiger partial charge < -0.3 is 19.7 Å². The topological polar surface area (TPSA) is 66.9 Å². The molecule has 3 aromatic rings. The molecule has 1 heterocycles. The summed E-state index contributed by atoms with van der Waals surface area (Å²) in [5, 5.41) is 3.27. The highest BCUT2D eigenvalue weighted by Crippen LogP contribution is 2.40. The molecule has 0 saturated heterocycles. The maximum atomic E-state index is 12.7. The van der Waals surface area contributed by atoms with Crippen LogP contribution in [0.15, 0.2) is 48.5 Å². The fraction of sp³-hybridized carbons (Fsp3) is 0.357. The van der Waals surface area contributed by atoms with Crippen LogP contribution in [0.2, 0.25) is 5.02 Å². The number of nitrogens with one attached hydrogen (secondary N) is 1. The summed E-state index contributed by atoms with van der Waals surface area (Å²) >= 11 is 6.55. The molecule has 3 rings (SSSR count). The average Bonchev–Trinajstić information content (AvgIpc) is 2.86. The highest BCUT2D eigenvalue weighted by Gasteiger charge is 2.31. The first-order valence-corrected chi connectivity index (χ1v) is 12.6. The predicted molar refractivity (Wildman–Crippen MR) is 145 cm³/mol. The summed E-state index contributed by atoms with van der Waals surface area (Å²) in [4.78, 5) is 20.8. The summed E-state index contributed by atoms with van der Waals surface area (Å²) < 4.78 is 46.8. The van der Waals surface area contributed by atoms with Gasteiger partial charge in [-0.1, -0.05) is 48.0 Å². The SMILES string of the molecule is CNCCN(C)C(=O)Oc1c(Cl)c(C)nc(C)c1-c1ccc(CN(C)Cc2ccc(OC(F)(F)F)cc2)cc1. The van der Waals surface area contributed by atoms with Crippen LogP contribution >= 0.6 is 11.6 Å². The molecule has 1 amide bonds. The Balaban J connectivity index is 1.74. The molecule has 0 radical (unpaired) electrons. The molecule has 0 aliphatic heterocycles. The number of hydrogen-bond acceptors (Lipinski definition) is 6. The van der Waals surface area contributed by atoms with Crippen molar-refractivity contribution in [1.29, 1.82) is 0 Å². The molecular weight excluding hydrogens is 533 g/mol.